The van der Waals surface area contributed by atoms with Gasteiger partial charge in [-0.2, -0.15) is 0 Å². The Morgan fingerprint density at radius 2 is 1.90 bits per heavy atom. The number of aliphatic hydroxyl groups excluding tert-OH is 1. The molecule has 0 aromatic heterocycles. The van der Waals surface area contributed by atoms with Crippen molar-refractivity contribution in [3.63, 3.8) is 0 Å². The standard InChI is InChI=1S/C16H14ClFO3/c17-12-2-1-3-13(18)11(12)9-14(19)10-4-5-15-16(8-10)21-7-6-20-15/h1-5,8,14,19H,6-7,9H2. The maximum absolute atomic E-state index is 13.8. The average Bonchev–Trinajstić information content (AvgIpc) is 2.50. The second kappa shape index (κ2) is 5.92. The minimum absolute atomic E-state index is 0.102. The van der Waals surface area contributed by atoms with Crippen molar-refractivity contribution in [1.29, 1.82) is 0 Å². The van der Waals surface area contributed by atoms with Crippen LogP contribution in [0.3, 0.4) is 0 Å². The van der Waals surface area contributed by atoms with Gasteiger partial charge in [-0.1, -0.05) is 23.7 Å². The lowest BCUT2D eigenvalue weighted by Crippen LogP contribution is -2.15. The number of halogens is 2. The molecule has 0 amide bonds. The van der Waals surface area contributed by atoms with Crippen LogP contribution in [0, 0.1) is 5.82 Å². The summed E-state index contributed by atoms with van der Waals surface area (Å²) in [6.07, 6.45) is -0.763. The number of aliphatic hydroxyl groups is 1. The summed E-state index contributed by atoms with van der Waals surface area (Å²) in [6.45, 7) is 0.991. The van der Waals surface area contributed by atoms with E-state index in [0.717, 1.165) is 0 Å². The number of benzene rings is 2. The Kier molecular flexibility index (Phi) is 3.99. The molecule has 1 aliphatic rings. The lowest BCUT2D eigenvalue weighted by Gasteiger charge is -2.20. The molecule has 1 N–H and O–H groups in total. The molecule has 21 heavy (non-hydrogen) atoms. The number of rotatable bonds is 3. The van der Waals surface area contributed by atoms with E-state index in [9.17, 15) is 9.50 Å². The Hall–Kier alpha value is -1.78. The monoisotopic (exact) mass is 308 g/mol. The summed E-state index contributed by atoms with van der Waals surface area (Å²) in [7, 11) is 0. The van der Waals surface area contributed by atoms with Crippen LogP contribution in [0.5, 0.6) is 11.5 Å². The maximum atomic E-state index is 13.8. The van der Waals surface area contributed by atoms with Crippen LogP contribution in [-0.2, 0) is 6.42 Å². The first kappa shape index (κ1) is 14.2. The quantitative estimate of drug-likeness (QED) is 0.943. The van der Waals surface area contributed by atoms with E-state index >= 15 is 0 Å². The molecule has 0 saturated carbocycles. The summed E-state index contributed by atoms with van der Waals surface area (Å²) >= 11 is 5.98. The Morgan fingerprint density at radius 3 is 2.67 bits per heavy atom. The minimum Gasteiger partial charge on any atom is -0.486 e. The topological polar surface area (TPSA) is 38.7 Å². The predicted octanol–water partition coefficient (Wildman–Crippen LogP) is 3.53. The third-order valence-corrected chi connectivity index (χ3v) is 3.76. The van der Waals surface area contributed by atoms with Crippen molar-refractivity contribution in [3.8, 4) is 11.5 Å². The van der Waals surface area contributed by atoms with E-state index in [2.05, 4.69) is 0 Å². The zero-order valence-corrected chi connectivity index (χ0v) is 11.9. The summed E-state index contributed by atoms with van der Waals surface area (Å²) in [5, 5.41) is 10.6. The molecule has 3 nitrogen and oxygen atoms in total. The van der Waals surface area contributed by atoms with E-state index in [1.807, 2.05) is 0 Å². The maximum Gasteiger partial charge on any atom is 0.161 e. The Labute approximate surface area is 126 Å². The van der Waals surface area contributed by atoms with E-state index in [1.165, 1.54) is 12.1 Å². The summed E-state index contributed by atoms with van der Waals surface area (Å²) < 4.78 is 24.7. The molecule has 3 rings (SSSR count). The van der Waals surface area contributed by atoms with Gasteiger partial charge in [0.05, 0.1) is 6.10 Å². The van der Waals surface area contributed by atoms with Crippen LogP contribution in [0.1, 0.15) is 17.2 Å². The van der Waals surface area contributed by atoms with Crippen LogP contribution >= 0.6 is 11.6 Å². The fourth-order valence-corrected chi connectivity index (χ4v) is 2.55. The number of hydrogen-bond donors (Lipinski definition) is 1. The van der Waals surface area contributed by atoms with Crippen LogP contribution in [0.15, 0.2) is 36.4 Å². The summed E-state index contributed by atoms with van der Waals surface area (Å²) in [4.78, 5) is 0. The summed E-state index contributed by atoms with van der Waals surface area (Å²) in [6, 6.07) is 9.68. The van der Waals surface area contributed by atoms with Gasteiger partial charge in [0.1, 0.15) is 19.0 Å². The van der Waals surface area contributed by atoms with E-state index < -0.39 is 11.9 Å². The van der Waals surface area contributed by atoms with E-state index in [0.29, 0.717) is 40.9 Å². The van der Waals surface area contributed by atoms with Gasteiger partial charge >= 0.3 is 0 Å². The van der Waals surface area contributed by atoms with Crippen molar-refractivity contribution in [2.45, 2.75) is 12.5 Å². The number of ether oxygens (including phenoxy) is 2. The molecule has 0 radical (unpaired) electrons. The fraction of sp³-hybridized carbons (Fsp3) is 0.250. The molecule has 1 unspecified atom stereocenters. The van der Waals surface area contributed by atoms with Crippen molar-refractivity contribution >= 4 is 11.6 Å². The first-order chi connectivity index (χ1) is 10.1. The highest BCUT2D eigenvalue weighted by Crippen LogP contribution is 2.34. The van der Waals surface area contributed by atoms with Gasteiger partial charge in [-0.25, -0.2) is 4.39 Å². The van der Waals surface area contributed by atoms with Crippen molar-refractivity contribution in [2.75, 3.05) is 13.2 Å². The highest BCUT2D eigenvalue weighted by Gasteiger charge is 2.18. The molecule has 5 heteroatoms. The van der Waals surface area contributed by atoms with Crippen LogP contribution in [0.4, 0.5) is 4.39 Å². The van der Waals surface area contributed by atoms with E-state index in [-0.39, 0.29) is 6.42 Å². The smallest absolute Gasteiger partial charge is 0.161 e. The van der Waals surface area contributed by atoms with Gasteiger partial charge in [-0.15, -0.1) is 0 Å². The lowest BCUT2D eigenvalue weighted by atomic mass is 10.0. The molecular formula is C16H14ClFO3. The van der Waals surface area contributed by atoms with Crippen LogP contribution < -0.4 is 9.47 Å². The molecule has 2 aromatic carbocycles. The summed E-state index contributed by atoms with van der Waals surface area (Å²) in [5.74, 6) is 0.831. The predicted molar refractivity (Wildman–Crippen MR) is 77.5 cm³/mol. The van der Waals surface area contributed by atoms with Gasteiger partial charge in [-0.05, 0) is 29.8 Å². The highest BCUT2D eigenvalue weighted by molar-refractivity contribution is 6.31. The zero-order valence-electron chi connectivity index (χ0n) is 11.2. The van der Waals surface area contributed by atoms with Gasteiger partial charge in [0, 0.05) is 17.0 Å². The van der Waals surface area contributed by atoms with Gasteiger partial charge in [0.15, 0.2) is 11.5 Å². The molecule has 1 atom stereocenters. The van der Waals surface area contributed by atoms with Crippen LogP contribution in [-0.4, -0.2) is 18.3 Å². The number of fused-ring (bicyclic) bond motifs is 1. The third kappa shape index (κ3) is 2.96. The highest BCUT2D eigenvalue weighted by atomic mass is 35.5. The minimum atomic E-state index is -0.866. The Balaban J connectivity index is 1.84. The SMILES string of the molecule is OC(Cc1c(F)cccc1Cl)c1ccc2c(c1)OCCO2. The van der Waals surface area contributed by atoms with Crippen molar-refractivity contribution in [1.82, 2.24) is 0 Å². The molecule has 0 aliphatic carbocycles. The average molecular weight is 309 g/mol. The second-order valence-corrected chi connectivity index (χ2v) is 5.23. The first-order valence-corrected chi connectivity index (χ1v) is 7.03. The van der Waals surface area contributed by atoms with Gasteiger partial charge in [-0.3, -0.25) is 0 Å². The first-order valence-electron chi connectivity index (χ1n) is 6.65. The largest absolute Gasteiger partial charge is 0.486 e. The molecular weight excluding hydrogens is 295 g/mol. The van der Waals surface area contributed by atoms with Crippen LogP contribution in [0.2, 0.25) is 5.02 Å². The normalized spacial score (nSPS) is 14.8. The molecule has 0 fully saturated rings. The lowest BCUT2D eigenvalue weighted by molar-refractivity contribution is 0.164. The molecule has 1 aliphatic heterocycles. The molecule has 2 aromatic rings. The zero-order chi connectivity index (χ0) is 14.8. The van der Waals surface area contributed by atoms with E-state index in [1.54, 1.807) is 24.3 Å². The molecule has 0 bridgehead atoms. The van der Waals surface area contributed by atoms with Crippen LogP contribution in [0.25, 0.3) is 0 Å². The molecule has 0 spiro atoms. The third-order valence-electron chi connectivity index (χ3n) is 3.41. The Bertz CT molecular complexity index is 640. The van der Waals surface area contributed by atoms with Gasteiger partial charge < -0.3 is 14.6 Å². The molecule has 110 valence electrons. The van der Waals surface area contributed by atoms with Crippen molar-refractivity contribution < 1.29 is 19.0 Å². The van der Waals surface area contributed by atoms with Gasteiger partial charge in [0.2, 0.25) is 0 Å². The van der Waals surface area contributed by atoms with Gasteiger partial charge in [0.25, 0.3) is 0 Å². The number of hydrogen-bond acceptors (Lipinski definition) is 3. The van der Waals surface area contributed by atoms with Crippen molar-refractivity contribution in [2.24, 2.45) is 0 Å². The fourth-order valence-electron chi connectivity index (χ4n) is 2.31. The van der Waals surface area contributed by atoms with E-state index in [4.69, 9.17) is 21.1 Å². The van der Waals surface area contributed by atoms with Crippen molar-refractivity contribution in [3.05, 3.63) is 58.4 Å². The Morgan fingerprint density at radius 1 is 1.14 bits per heavy atom. The molecule has 0 saturated heterocycles. The summed E-state index contributed by atoms with van der Waals surface area (Å²) in [5.41, 5.74) is 0.945. The molecule has 1 heterocycles. The second-order valence-electron chi connectivity index (χ2n) is 4.82.